The second kappa shape index (κ2) is 8.90. The maximum absolute atomic E-state index is 9.56. The van der Waals surface area contributed by atoms with Crippen LogP contribution < -0.4 is 5.90 Å². The minimum absolute atomic E-state index is 0. The zero-order valence-corrected chi connectivity index (χ0v) is 3.25. The fourth-order valence-electron chi connectivity index (χ4n) is 0.0504. The second-order valence-electron chi connectivity index (χ2n) is 0.710. The fourth-order valence-corrected chi connectivity index (χ4v) is 0.0504. The predicted octanol–water partition coefficient (Wildman–Crippen LogP) is -2.81. The van der Waals surface area contributed by atoms with Crippen molar-refractivity contribution < 1.29 is 19.5 Å². The molecule has 0 aromatic carbocycles. The zero-order valence-electron chi connectivity index (χ0n) is 3.25. The molecule has 0 aromatic rings. The Morgan fingerprint density at radius 3 is 1.67 bits per heavy atom. The van der Waals surface area contributed by atoms with Crippen molar-refractivity contribution >= 4 is 71.1 Å². The van der Waals surface area contributed by atoms with Gasteiger partial charge in [-0.25, -0.2) is 9.59 Å². The topological polar surface area (TPSA) is 89.6 Å². The number of hydrogen-bond donors (Lipinski definition) is 2. The molecule has 0 aliphatic carbocycles. The van der Waals surface area contributed by atoms with E-state index in [1.807, 2.05) is 0 Å². The number of aliphatic carboxylic acids is 1. The minimum atomic E-state index is -1.69. The van der Waals surface area contributed by atoms with Crippen LogP contribution in [0.5, 0.6) is 0 Å². The molecule has 0 spiro atoms. The molecule has 0 bridgehead atoms. The summed E-state index contributed by atoms with van der Waals surface area (Å²) in [7, 11) is 0. The average molecular weight is 153 g/mol. The molecule has 5 nitrogen and oxygen atoms in total. The standard InChI is InChI=1S/C2H3NO4.2Na.2H/c3-7-2(6)1(4)5;;;;/h3H2,(H,4,5);;;;. The van der Waals surface area contributed by atoms with Crippen LogP contribution in [-0.4, -0.2) is 76.2 Å². The molecule has 0 heterocycles. The van der Waals surface area contributed by atoms with E-state index >= 15 is 0 Å². The van der Waals surface area contributed by atoms with Crippen LogP contribution in [-0.2, 0) is 14.4 Å². The maximum atomic E-state index is 9.56. The first-order chi connectivity index (χ1) is 3.18. The van der Waals surface area contributed by atoms with Crippen LogP contribution in [0, 0.1) is 0 Å². The number of carbonyl (C=O) groups is 2. The van der Waals surface area contributed by atoms with Crippen molar-refractivity contribution in [1.82, 2.24) is 0 Å². The van der Waals surface area contributed by atoms with Gasteiger partial charge in [-0.15, -0.1) is 0 Å². The molecule has 0 saturated carbocycles. The molecule has 0 fully saturated rings. The first-order valence-corrected chi connectivity index (χ1v) is 1.32. The third-order valence-electron chi connectivity index (χ3n) is 0.282. The first-order valence-electron chi connectivity index (χ1n) is 1.32. The molecule has 9 heavy (non-hydrogen) atoms. The van der Waals surface area contributed by atoms with Crippen molar-refractivity contribution in [2.75, 3.05) is 0 Å². The number of rotatable bonds is 0. The van der Waals surface area contributed by atoms with Crippen molar-refractivity contribution in [1.29, 1.82) is 0 Å². The molecule has 0 aromatic heterocycles. The third kappa shape index (κ3) is 8.90. The van der Waals surface area contributed by atoms with E-state index in [-0.39, 0.29) is 59.1 Å². The van der Waals surface area contributed by atoms with E-state index in [0.29, 0.717) is 0 Å². The summed E-state index contributed by atoms with van der Waals surface area (Å²) in [6.07, 6.45) is 0. The number of carboxylic acid groups (broad SMARTS) is 1. The molecule has 0 atom stereocenters. The Balaban J connectivity index is -0.000000180. The average Bonchev–Trinajstić information content (AvgIpc) is 1.65. The number of hydrogen-bond acceptors (Lipinski definition) is 4. The molecule has 0 amide bonds. The van der Waals surface area contributed by atoms with Crippen LogP contribution >= 0.6 is 0 Å². The SMILES string of the molecule is NOC(=O)C(=O)O.[NaH].[NaH]. The van der Waals surface area contributed by atoms with Crippen LogP contribution in [0.4, 0.5) is 0 Å². The molecule has 0 aliphatic rings. The van der Waals surface area contributed by atoms with Gasteiger partial charge in [0.1, 0.15) is 0 Å². The fraction of sp³-hybridized carbons (Fsp3) is 0. The Kier molecular flexibility index (Phi) is 16.3. The van der Waals surface area contributed by atoms with Crippen LogP contribution in [0.2, 0.25) is 0 Å². The van der Waals surface area contributed by atoms with Crippen LogP contribution in [0.25, 0.3) is 0 Å². The molecule has 0 unspecified atom stereocenters. The van der Waals surface area contributed by atoms with Gasteiger partial charge in [0.15, 0.2) is 0 Å². The molecule has 44 valence electrons. The molecule has 7 heteroatoms. The third-order valence-corrected chi connectivity index (χ3v) is 0.282. The van der Waals surface area contributed by atoms with Crippen LogP contribution in [0.3, 0.4) is 0 Å². The van der Waals surface area contributed by atoms with Gasteiger partial charge in [0.05, 0.1) is 0 Å². The molecular weight excluding hydrogens is 148 g/mol. The first kappa shape index (κ1) is 16.5. The Morgan fingerprint density at radius 2 is 1.67 bits per heavy atom. The number of carbonyl (C=O) groups excluding carboxylic acids is 1. The van der Waals surface area contributed by atoms with E-state index in [1.165, 1.54) is 0 Å². The molecule has 0 radical (unpaired) electrons. The summed E-state index contributed by atoms with van der Waals surface area (Å²) in [5.74, 6) is 0.992. The van der Waals surface area contributed by atoms with Gasteiger partial charge in [-0.1, -0.05) is 0 Å². The Bertz CT molecular complexity index is 105. The van der Waals surface area contributed by atoms with Crippen molar-refractivity contribution in [3.63, 3.8) is 0 Å². The van der Waals surface area contributed by atoms with Crippen molar-refractivity contribution in [2.24, 2.45) is 5.90 Å². The van der Waals surface area contributed by atoms with E-state index in [9.17, 15) is 9.59 Å². The second-order valence-corrected chi connectivity index (χ2v) is 0.710. The van der Waals surface area contributed by atoms with Gasteiger partial charge in [0.2, 0.25) is 0 Å². The number of carboxylic acids is 1. The zero-order chi connectivity index (χ0) is 5.86. The molecule has 0 aliphatic heterocycles. The van der Waals surface area contributed by atoms with Gasteiger partial charge in [-0.3, -0.25) is 0 Å². The van der Waals surface area contributed by atoms with Gasteiger partial charge >= 0.3 is 71.1 Å². The Hall–Kier alpha value is 0.900. The van der Waals surface area contributed by atoms with Gasteiger partial charge in [0, 0.05) is 0 Å². The van der Waals surface area contributed by atoms with Gasteiger partial charge in [0.25, 0.3) is 0 Å². The summed E-state index contributed by atoms with van der Waals surface area (Å²) in [6, 6.07) is 0. The van der Waals surface area contributed by atoms with Gasteiger partial charge < -0.3 is 9.94 Å². The normalized spacial score (nSPS) is 5.89. The molecule has 0 saturated heterocycles. The monoisotopic (exact) mass is 153 g/mol. The summed E-state index contributed by atoms with van der Waals surface area (Å²) >= 11 is 0. The summed E-state index contributed by atoms with van der Waals surface area (Å²) in [5.41, 5.74) is 0. The van der Waals surface area contributed by atoms with E-state index in [1.54, 1.807) is 0 Å². The molecule has 0 rings (SSSR count). The molecular formula is C2H5NNa2O4. The van der Waals surface area contributed by atoms with Crippen molar-refractivity contribution in [3.05, 3.63) is 0 Å². The van der Waals surface area contributed by atoms with Crippen molar-refractivity contribution in [3.8, 4) is 0 Å². The van der Waals surface area contributed by atoms with Crippen LogP contribution in [0.1, 0.15) is 0 Å². The van der Waals surface area contributed by atoms with Gasteiger partial charge in [-0.2, -0.15) is 5.90 Å². The van der Waals surface area contributed by atoms with E-state index in [4.69, 9.17) is 5.11 Å². The van der Waals surface area contributed by atoms with E-state index in [2.05, 4.69) is 10.7 Å². The summed E-state index contributed by atoms with van der Waals surface area (Å²) in [5, 5.41) is 7.63. The quantitative estimate of drug-likeness (QED) is 0.223. The summed E-state index contributed by atoms with van der Waals surface area (Å²) < 4.78 is 0. The van der Waals surface area contributed by atoms with E-state index in [0.717, 1.165) is 0 Å². The summed E-state index contributed by atoms with van der Waals surface area (Å²) in [6.45, 7) is 0. The Labute approximate surface area is 95.5 Å². The number of nitrogens with two attached hydrogens (primary N) is 1. The Morgan fingerprint density at radius 1 is 1.33 bits per heavy atom. The van der Waals surface area contributed by atoms with Gasteiger partial charge in [-0.05, 0) is 0 Å². The predicted molar refractivity (Wildman–Crippen MR) is 32.2 cm³/mol. The van der Waals surface area contributed by atoms with E-state index < -0.39 is 11.9 Å². The summed E-state index contributed by atoms with van der Waals surface area (Å²) in [4.78, 5) is 22.2. The molecule has 3 N–H and O–H groups in total. The van der Waals surface area contributed by atoms with Crippen molar-refractivity contribution in [2.45, 2.75) is 0 Å². The van der Waals surface area contributed by atoms with Crippen LogP contribution in [0.15, 0.2) is 0 Å².